The lowest BCUT2D eigenvalue weighted by atomic mass is 10.5. The molecule has 3 nitrogen and oxygen atoms in total. The topological polar surface area (TPSA) is 41.7 Å². The molecule has 0 bridgehead atoms. The molecular weight excluding hydrogens is 162 g/mol. The summed E-state index contributed by atoms with van der Waals surface area (Å²) >= 11 is 0.987. The van der Waals surface area contributed by atoms with Gasteiger partial charge in [-0.15, -0.1) is 11.3 Å². The van der Waals surface area contributed by atoms with Gasteiger partial charge in [0.1, 0.15) is 0 Å². The maximum atomic E-state index is 10.2. The highest BCUT2D eigenvalue weighted by atomic mass is 32.1. The minimum atomic E-state index is -0.972. The largest absolute Gasteiger partial charge is 0.477 e. The van der Waals surface area contributed by atoms with Crippen molar-refractivity contribution in [2.75, 3.05) is 0 Å². The Balaban J connectivity index is 0.000001000. The number of thiophene rings is 1. The average molecular weight is 169 g/mol. The van der Waals surface area contributed by atoms with E-state index in [-0.39, 0.29) is 12.3 Å². The SMILES string of the molecule is C.[C-]#[N+]c1ccc(C(=O)O)s1. The molecule has 1 aromatic rings. The lowest BCUT2D eigenvalue weighted by Crippen LogP contribution is -1.89. The summed E-state index contributed by atoms with van der Waals surface area (Å²) in [6.07, 6.45) is 0. The van der Waals surface area contributed by atoms with Crippen LogP contribution in [0.3, 0.4) is 0 Å². The fraction of sp³-hybridized carbons (Fsp3) is 0.143. The molecule has 0 saturated heterocycles. The van der Waals surface area contributed by atoms with Crippen molar-refractivity contribution in [1.82, 2.24) is 0 Å². The first-order valence-corrected chi connectivity index (χ1v) is 3.26. The second-order valence-electron chi connectivity index (χ2n) is 1.55. The molecule has 0 spiro atoms. The fourth-order valence-corrected chi connectivity index (χ4v) is 1.13. The molecule has 1 aromatic heterocycles. The summed E-state index contributed by atoms with van der Waals surface area (Å²) in [4.78, 5) is 13.5. The molecule has 1 rings (SSSR count). The maximum absolute atomic E-state index is 10.2. The van der Waals surface area contributed by atoms with E-state index in [2.05, 4.69) is 4.85 Å². The Morgan fingerprint density at radius 2 is 2.27 bits per heavy atom. The van der Waals surface area contributed by atoms with Gasteiger partial charge in [0, 0.05) is 0 Å². The van der Waals surface area contributed by atoms with E-state index in [4.69, 9.17) is 11.7 Å². The molecule has 0 aliphatic carbocycles. The molecule has 0 amide bonds. The third-order valence-electron chi connectivity index (χ3n) is 0.913. The van der Waals surface area contributed by atoms with Gasteiger partial charge < -0.3 is 5.11 Å². The predicted octanol–water partition coefficient (Wildman–Crippen LogP) is 2.63. The van der Waals surface area contributed by atoms with Crippen LogP contribution in [0.5, 0.6) is 0 Å². The molecule has 0 saturated carbocycles. The number of nitrogens with zero attached hydrogens (tertiary/aromatic N) is 1. The standard InChI is InChI=1S/C6H3NO2S.CH4/c1-7-5-3-2-4(10-5)6(8)9;/h2-3H,(H,8,9);1H4. The zero-order valence-electron chi connectivity index (χ0n) is 4.87. The number of carbonyl (C=O) groups is 1. The molecule has 11 heavy (non-hydrogen) atoms. The van der Waals surface area contributed by atoms with E-state index in [9.17, 15) is 4.79 Å². The zero-order chi connectivity index (χ0) is 7.56. The normalized spacial score (nSPS) is 7.91. The number of hydrogen-bond acceptors (Lipinski definition) is 2. The van der Waals surface area contributed by atoms with Crippen molar-refractivity contribution in [2.24, 2.45) is 0 Å². The molecule has 1 N–H and O–H groups in total. The quantitative estimate of drug-likeness (QED) is 0.656. The van der Waals surface area contributed by atoms with Crippen molar-refractivity contribution in [2.45, 2.75) is 7.43 Å². The highest BCUT2D eigenvalue weighted by Gasteiger charge is 2.04. The molecular formula is C7H7NO2S. The minimum Gasteiger partial charge on any atom is -0.477 e. The van der Waals surface area contributed by atoms with Crippen LogP contribution >= 0.6 is 11.3 Å². The summed E-state index contributed by atoms with van der Waals surface area (Å²) in [6.45, 7) is 6.54. The Morgan fingerprint density at radius 3 is 2.55 bits per heavy atom. The number of hydrogen-bond donors (Lipinski definition) is 1. The van der Waals surface area contributed by atoms with Crippen LogP contribution in [-0.4, -0.2) is 11.1 Å². The van der Waals surface area contributed by atoms with Crippen molar-refractivity contribution >= 4 is 22.3 Å². The van der Waals surface area contributed by atoms with E-state index in [1.165, 1.54) is 12.1 Å². The van der Waals surface area contributed by atoms with Crippen molar-refractivity contribution in [1.29, 1.82) is 0 Å². The number of carboxylic acid groups (broad SMARTS) is 1. The molecule has 0 aromatic carbocycles. The first kappa shape index (κ1) is 9.66. The van der Waals surface area contributed by atoms with Gasteiger partial charge in [-0.05, 0) is 12.1 Å². The van der Waals surface area contributed by atoms with Crippen LogP contribution in [0.2, 0.25) is 0 Å². The van der Waals surface area contributed by atoms with Crippen molar-refractivity contribution in [3.8, 4) is 0 Å². The third-order valence-corrected chi connectivity index (χ3v) is 1.88. The van der Waals surface area contributed by atoms with Gasteiger partial charge in [-0.2, -0.15) is 0 Å². The Hall–Kier alpha value is -1.34. The maximum Gasteiger partial charge on any atom is 0.344 e. The number of aromatic carboxylic acids is 1. The van der Waals surface area contributed by atoms with Gasteiger partial charge in [0.15, 0.2) is 0 Å². The van der Waals surface area contributed by atoms with E-state index in [1.807, 2.05) is 0 Å². The summed E-state index contributed by atoms with van der Waals surface area (Å²) < 4.78 is 0. The highest BCUT2D eigenvalue weighted by molar-refractivity contribution is 7.17. The number of rotatable bonds is 1. The van der Waals surface area contributed by atoms with E-state index in [1.54, 1.807) is 0 Å². The van der Waals surface area contributed by atoms with E-state index in [0.29, 0.717) is 5.00 Å². The Morgan fingerprint density at radius 1 is 1.64 bits per heavy atom. The predicted molar refractivity (Wildman–Crippen MR) is 44.3 cm³/mol. The van der Waals surface area contributed by atoms with E-state index in [0.717, 1.165) is 11.3 Å². The van der Waals surface area contributed by atoms with Crippen LogP contribution in [0.4, 0.5) is 5.00 Å². The van der Waals surface area contributed by atoms with Crippen molar-refractivity contribution in [3.63, 3.8) is 0 Å². The molecule has 4 heteroatoms. The smallest absolute Gasteiger partial charge is 0.344 e. The van der Waals surface area contributed by atoms with E-state index < -0.39 is 5.97 Å². The lowest BCUT2D eigenvalue weighted by molar-refractivity contribution is 0.0702. The van der Waals surface area contributed by atoms with Crippen molar-refractivity contribution in [3.05, 3.63) is 28.4 Å². The Labute approximate surface area is 68.7 Å². The molecule has 58 valence electrons. The van der Waals surface area contributed by atoms with Crippen LogP contribution in [0.15, 0.2) is 12.1 Å². The molecule has 0 aliphatic heterocycles. The highest BCUT2D eigenvalue weighted by Crippen LogP contribution is 2.24. The van der Waals surface area contributed by atoms with Crippen molar-refractivity contribution < 1.29 is 9.90 Å². The van der Waals surface area contributed by atoms with E-state index >= 15 is 0 Å². The van der Waals surface area contributed by atoms with Gasteiger partial charge in [0.25, 0.3) is 0 Å². The second kappa shape index (κ2) is 3.74. The van der Waals surface area contributed by atoms with Crippen LogP contribution < -0.4 is 0 Å². The Bertz CT molecular complexity index is 298. The first-order valence-electron chi connectivity index (χ1n) is 2.44. The van der Waals surface area contributed by atoms with Crippen LogP contribution in [0.25, 0.3) is 4.85 Å². The second-order valence-corrected chi connectivity index (χ2v) is 2.62. The third kappa shape index (κ3) is 2.06. The fourth-order valence-electron chi connectivity index (χ4n) is 0.503. The van der Waals surface area contributed by atoms with Gasteiger partial charge >= 0.3 is 5.97 Å². The molecule has 0 atom stereocenters. The van der Waals surface area contributed by atoms with Gasteiger partial charge in [-0.25, -0.2) is 9.64 Å². The number of carboxylic acids is 1. The van der Waals surface area contributed by atoms with Gasteiger partial charge in [-0.3, -0.25) is 0 Å². The average Bonchev–Trinajstić information content (AvgIpc) is 2.34. The summed E-state index contributed by atoms with van der Waals surface area (Å²) in [6, 6.07) is 2.93. The molecule has 0 fully saturated rings. The Kier molecular flexibility index (Phi) is 3.28. The van der Waals surface area contributed by atoms with Gasteiger partial charge in [-0.1, -0.05) is 7.43 Å². The summed E-state index contributed by atoms with van der Waals surface area (Å²) in [5, 5.41) is 8.82. The first-order chi connectivity index (χ1) is 4.74. The molecule has 1 heterocycles. The van der Waals surface area contributed by atoms with Gasteiger partial charge in [0.2, 0.25) is 5.00 Å². The summed E-state index contributed by atoms with van der Waals surface area (Å²) in [7, 11) is 0. The minimum absolute atomic E-state index is 0. The monoisotopic (exact) mass is 169 g/mol. The summed E-state index contributed by atoms with van der Waals surface area (Å²) in [5.41, 5.74) is 0. The van der Waals surface area contributed by atoms with Crippen LogP contribution in [-0.2, 0) is 0 Å². The van der Waals surface area contributed by atoms with Crippen LogP contribution in [0, 0.1) is 6.57 Å². The molecule has 0 aliphatic rings. The molecule has 0 radical (unpaired) electrons. The lowest BCUT2D eigenvalue weighted by Gasteiger charge is -1.80. The molecule has 0 unspecified atom stereocenters. The van der Waals surface area contributed by atoms with Crippen LogP contribution in [0.1, 0.15) is 17.1 Å². The van der Waals surface area contributed by atoms with Gasteiger partial charge in [0.05, 0.1) is 11.4 Å². The zero-order valence-corrected chi connectivity index (χ0v) is 5.68. The summed E-state index contributed by atoms with van der Waals surface area (Å²) in [5.74, 6) is -0.972.